The Labute approximate surface area is 149 Å². The summed E-state index contributed by atoms with van der Waals surface area (Å²) in [7, 11) is 1.56. The second-order valence-electron chi connectivity index (χ2n) is 5.97. The van der Waals surface area contributed by atoms with Crippen LogP contribution in [0.3, 0.4) is 0 Å². The smallest absolute Gasteiger partial charge is 0.336 e. The van der Waals surface area contributed by atoms with Crippen molar-refractivity contribution >= 4 is 28.5 Å². The lowest BCUT2D eigenvalue weighted by molar-refractivity contribution is -0.115. The van der Waals surface area contributed by atoms with Crippen LogP contribution in [0.1, 0.15) is 21.5 Å². The fourth-order valence-corrected chi connectivity index (χ4v) is 2.71. The summed E-state index contributed by atoms with van der Waals surface area (Å²) in [5.41, 5.74) is 2.64. The van der Waals surface area contributed by atoms with Gasteiger partial charge in [0.1, 0.15) is 5.58 Å². The van der Waals surface area contributed by atoms with Crippen molar-refractivity contribution < 1.29 is 14.0 Å². The zero-order valence-electron chi connectivity index (χ0n) is 14.5. The van der Waals surface area contributed by atoms with Crippen LogP contribution in [0.25, 0.3) is 11.0 Å². The lowest BCUT2D eigenvalue weighted by atomic mass is 10.1. The number of benzene rings is 2. The van der Waals surface area contributed by atoms with Crippen molar-refractivity contribution in [3.8, 4) is 0 Å². The summed E-state index contributed by atoms with van der Waals surface area (Å²) in [4.78, 5) is 35.6. The molecule has 132 valence electrons. The maximum Gasteiger partial charge on any atom is 0.336 e. The molecule has 2 N–H and O–H groups in total. The number of nitrogens with one attached hydrogen (secondary N) is 2. The molecule has 0 spiro atoms. The van der Waals surface area contributed by atoms with E-state index in [0.717, 1.165) is 10.9 Å². The first-order valence-corrected chi connectivity index (χ1v) is 8.11. The average molecular weight is 350 g/mol. The van der Waals surface area contributed by atoms with Crippen molar-refractivity contribution in [3.05, 3.63) is 75.6 Å². The number of fused-ring (bicyclic) bond motifs is 1. The number of amides is 2. The second kappa shape index (κ2) is 7.23. The normalized spacial score (nSPS) is 10.5. The predicted molar refractivity (Wildman–Crippen MR) is 99.4 cm³/mol. The van der Waals surface area contributed by atoms with Gasteiger partial charge >= 0.3 is 5.63 Å². The monoisotopic (exact) mass is 350 g/mol. The zero-order chi connectivity index (χ0) is 18.7. The molecule has 3 rings (SSSR count). The highest BCUT2D eigenvalue weighted by molar-refractivity contribution is 5.97. The Morgan fingerprint density at radius 2 is 1.77 bits per heavy atom. The van der Waals surface area contributed by atoms with Crippen LogP contribution in [0.4, 0.5) is 5.69 Å². The summed E-state index contributed by atoms with van der Waals surface area (Å²) < 4.78 is 5.20. The van der Waals surface area contributed by atoms with Crippen LogP contribution in [-0.2, 0) is 11.2 Å². The van der Waals surface area contributed by atoms with Crippen molar-refractivity contribution in [1.29, 1.82) is 0 Å². The van der Waals surface area contributed by atoms with Crippen LogP contribution in [0.15, 0.2) is 57.7 Å². The quantitative estimate of drug-likeness (QED) is 0.708. The number of aryl methyl sites for hydroxylation is 1. The lowest BCUT2D eigenvalue weighted by Gasteiger charge is -2.08. The first kappa shape index (κ1) is 17.4. The van der Waals surface area contributed by atoms with Gasteiger partial charge < -0.3 is 15.1 Å². The van der Waals surface area contributed by atoms with Crippen LogP contribution < -0.4 is 16.3 Å². The first-order chi connectivity index (χ1) is 12.5. The van der Waals surface area contributed by atoms with Gasteiger partial charge in [0.05, 0.1) is 6.42 Å². The van der Waals surface area contributed by atoms with E-state index in [0.29, 0.717) is 22.4 Å². The van der Waals surface area contributed by atoms with Crippen molar-refractivity contribution in [2.75, 3.05) is 12.4 Å². The molecule has 6 heteroatoms. The molecule has 3 aromatic rings. The van der Waals surface area contributed by atoms with E-state index in [-0.39, 0.29) is 18.2 Å². The Bertz CT molecular complexity index is 1040. The summed E-state index contributed by atoms with van der Waals surface area (Å²) in [6, 6.07) is 13.4. The van der Waals surface area contributed by atoms with E-state index in [4.69, 9.17) is 4.42 Å². The predicted octanol–water partition coefficient (Wildman–Crippen LogP) is 2.64. The molecule has 0 fully saturated rings. The molecule has 0 unspecified atom stereocenters. The van der Waals surface area contributed by atoms with Gasteiger partial charge in [-0.1, -0.05) is 12.1 Å². The van der Waals surface area contributed by atoms with Crippen molar-refractivity contribution in [3.63, 3.8) is 0 Å². The van der Waals surface area contributed by atoms with Gasteiger partial charge in [0.2, 0.25) is 5.91 Å². The van der Waals surface area contributed by atoms with E-state index in [1.54, 1.807) is 37.4 Å². The Morgan fingerprint density at radius 3 is 2.46 bits per heavy atom. The third kappa shape index (κ3) is 3.80. The highest BCUT2D eigenvalue weighted by Gasteiger charge is 2.11. The molecule has 0 radical (unpaired) electrons. The van der Waals surface area contributed by atoms with E-state index in [1.165, 1.54) is 6.07 Å². The van der Waals surface area contributed by atoms with E-state index < -0.39 is 5.63 Å². The van der Waals surface area contributed by atoms with Crippen LogP contribution in [0.2, 0.25) is 0 Å². The van der Waals surface area contributed by atoms with Gasteiger partial charge in [-0.3, -0.25) is 9.59 Å². The molecule has 26 heavy (non-hydrogen) atoms. The molecular weight excluding hydrogens is 332 g/mol. The summed E-state index contributed by atoms with van der Waals surface area (Å²) in [5, 5.41) is 6.04. The molecule has 0 aliphatic rings. The first-order valence-electron chi connectivity index (χ1n) is 8.11. The largest absolute Gasteiger partial charge is 0.423 e. The molecule has 0 atom stereocenters. The highest BCUT2D eigenvalue weighted by atomic mass is 16.4. The topological polar surface area (TPSA) is 88.4 Å². The molecule has 0 saturated heterocycles. The number of carbonyl (C=O) groups excluding carboxylic acids is 2. The number of hydrogen-bond acceptors (Lipinski definition) is 4. The van der Waals surface area contributed by atoms with Gasteiger partial charge in [-0.05, 0) is 48.4 Å². The zero-order valence-corrected chi connectivity index (χ0v) is 14.5. The minimum atomic E-state index is -0.485. The fraction of sp³-hybridized carbons (Fsp3) is 0.150. The number of anilines is 1. The highest BCUT2D eigenvalue weighted by Crippen LogP contribution is 2.19. The molecule has 0 aliphatic carbocycles. The number of rotatable bonds is 4. The van der Waals surface area contributed by atoms with Crippen LogP contribution in [0.5, 0.6) is 0 Å². The standard InChI is InChI=1S/C20H18N2O4/c1-12-3-8-16-14(11-19(24)26-17(16)9-12)10-18(23)22-15-6-4-13(5-7-15)20(25)21-2/h3-9,11H,10H2,1-2H3,(H,21,25)(H,22,23). The summed E-state index contributed by atoms with van der Waals surface area (Å²) >= 11 is 0. The second-order valence-corrected chi connectivity index (χ2v) is 5.97. The van der Waals surface area contributed by atoms with Gasteiger partial charge in [-0.25, -0.2) is 4.79 Å². The van der Waals surface area contributed by atoms with Crippen molar-refractivity contribution in [2.24, 2.45) is 0 Å². The number of hydrogen-bond donors (Lipinski definition) is 2. The maximum atomic E-state index is 12.4. The third-order valence-corrected chi connectivity index (χ3v) is 3.99. The fourth-order valence-electron chi connectivity index (χ4n) is 2.71. The summed E-state index contributed by atoms with van der Waals surface area (Å²) in [6.07, 6.45) is 0.0440. The van der Waals surface area contributed by atoms with E-state index in [9.17, 15) is 14.4 Å². The molecular formula is C20H18N2O4. The minimum Gasteiger partial charge on any atom is -0.423 e. The molecule has 1 aromatic heterocycles. The Kier molecular flexibility index (Phi) is 4.84. The molecule has 6 nitrogen and oxygen atoms in total. The molecule has 1 heterocycles. The number of carbonyl (C=O) groups is 2. The van der Waals surface area contributed by atoms with E-state index >= 15 is 0 Å². The third-order valence-electron chi connectivity index (χ3n) is 3.99. The molecule has 2 aromatic carbocycles. The van der Waals surface area contributed by atoms with Gasteiger partial charge in [0.25, 0.3) is 5.91 Å². The van der Waals surface area contributed by atoms with Crippen LogP contribution >= 0.6 is 0 Å². The summed E-state index contributed by atoms with van der Waals surface area (Å²) in [6.45, 7) is 1.90. The SMILES string of the molecule is CNC(=O)c1ccc(NC(=O)Cc2cc(=O)oc3cc(C)ccc23)cc1. The van der Waals surface area contributed by atoms with Gasteiger partial charge in [-0.15, -0.1) is 0 Å². The molecule has 2 amide bonds. The van der Waals surface area contributed by atoms with Crippen molar-refractivity contribution in [2.45, 2.75) is 13.3 Å². The van der Waals surface area contributed by atoms with Crippen LogP contribution in [0, 0.1) is 6.92 Å². The lowest BCUT2D eigenvalue weighted by Crippen LogP contribution is -2.18. The maximum absolute atomic E-state index is 12.4. The summed E-state index contributed by atoms with van der Waals surface area (Å²) in [5.74, 6) is -0.453. The van der Waals surface area contributed by atoms with Crippen molar-refractivity contribution in [1.82, 2.24) is 5.32 Å². The van der Waals surface area contributed by atoms with Gasteiger partial charge in [0, 0.05) is 29.8 Å². The van der Waals surface area contributed by atoms with E-state index in [2.05, 4.69) is 10.6 Å². The molecule has 0 bridgehead atoms. The van der Waals surface area contributed by atoms with E-state index in [1.807, 2.05) is 19.1 Å². The Balaban J connectivity index is 1.79. The minimum absolute atomic E-state index is 0.0440. The molecule has 0 aliphatic heterocycles. The van der Waals surface area contributed by atoms with Gasteiger partial charge in [-0.2, -0.15) is 0 Å². The average Bonchev–Trinajstić information content (AvgIpc) is 2.61. The Hall–Kier alpha value is -3.41. The van der Waals surface area contributed by atoms with Crippen LogP contribution in [-0.4, -0.2) is 18.9 Å². The van der Waals surface area contributed by atoms with Gasteiger partial charge in [0.15, 0.2) is 0 Å². The Morgan fingerprint density at radius 1 is 1.04 bits per heavy atom. The molecule has 0 saturated carbocycles.